The van der Waals surface area contributed by atoms with Gasteiger partial charge in [-0.1, -0.05) is 92.9 Å². The molecule has 4 aromatic rings. The third kappa shape index (κ3) is 8.65. The molecule has 0 spiro atoms. The van der Waals surface area contributed by atoms with Gasteiger partial charge in [0.2, 0.25) is 0 Å². The highest BCUT2D eigenvalue weighted by molar-refractivity contribution is 7.09. The molecule has 0 bridgehead atoms. The number of halogens is 1. The monoisotopic (exact) mass is 576 g/mol. The highest BCUT2D eigenvalue weighted by Crippen LogP contribution is 2.34. The number of thiazole rings is 1. The third-order valence-electron chi connectivity index (χ3n) is 6.86. The smallest absolute Gasteiger partial charge is 0.317 e. The Hall–Kier alpha value is -3.19. The fraction of sp³-hybridized carbons (Fsp3) is 0.333. The van der Waals surface area contributed by atoms with Crippen molar-refractivity contribution in [2.24, 2.45) is 0 Å². The van der Waals surface area contributed by atoms with E-state index in [0.717, 1.165) is 27.4 Å². The van der Waals surface area contributed by atoms with Gasteiger partial charge in [0.25, 0.3) is 0 Å². The van der Waals surface area contributed by atoms with E-state index in [1.165, 1.54) is 42.6 Å². The van der Waals surface area contributed by atoms with Crippen LogP contribution in [0.1, 0.15) is 67.1 Å². The zero-order valence-corrected chi connectivity index (χ0v) is 24.8. The van der Waals surface area contributed by atoms with Crippen LogP contribution in [0.4, 0.5) is 0 Å². The number of aliphatic carboxylic acids is 1. The maximum Gasteiger partial charge on any atom is 0.317 e. The van der Waals surface area contributed by atoms with Crippen molar-refractivity contribution >= 4 is 28.9 Å². The van der Waals surface area contributed by atoms with Crippen LogP contribution >= 0.6 is 22.9 Å². The molecule has 210 valence electrons. The van der Waals surface area contributed by atoms with Crippen LogP contribution in [-0.4, -0.2) is 27.5 Å². The van der Waals surface area contributed by atoms with E-state index >= 15 is 0 Å². The highest BCUT2D eigenvalue weighted by atomic mass is 35.5. The average molecular weight is 577 g/mol. The minimum atomic E-state index is -0.863. The number of hydrogen-bond donors (Lipinski definition) is 1. The third-order valence-corrected chi connectivity index (χ3v) is 7.92. The molecule has 40 heavy (non-hydrogen) atoms. The van der Waals surface area contributed by atoms with E-state index in [1.807, 2.05) is 58.8 Å². The molecule has 0 saturated heterocycles. The molecular formula is C33H37ClN2O3S. The van der Waals surface area contributed by atoms with E-state index in [0.29, 0.717) is 36.4 Å². The first-order valence-electron chi connectivity index (χ1n) is 13.9. The van der Waals surface area contributed by atoms with Gasteiger partial charge in [-0.2, -0.15) is 0 Å². The number of rotatable bonds is 15. The van der Waals surface area contributed by atoms with E-state index in [9.17, 15) is 9.90 Å². The van der Waals surface area contributed by atoms with Crippen LogP contribution in [-0.2, 0) is 24.5 Å². The highest BCUT2D eigenvalue weighted by Gasteiger charge is 2.16. The molecule has 0 fully saturated rings. The van der Waals surface area contributed by atoms with Crippen molar-refractivity contribution in [2.75, 3.05) is 6.54 Å². The summed E-state index contributed by atoms with van der Waals surface area (Å²) in [5.41, 5.74) is 5.17. The van der Waals surface area contributed by atoms with Gasteiger partial charge in [0.15, 0.2) is 0 Å². The first-order chi connectivity index (χ1) is 19.4. The summed E-state index contributed by atoms with van der Waals surface area (Å²) in [6.45, 7) is 5.84. The lowest BCUT2D eigenvalue weighted by molar-refractivity contribution is -0.138. The molecule has 3 aromatic carbocycles. The molecule has 5 nitrogen and oxygen atoms in total. The maximum atomic E-state index is 11.5. The number of benzene rings is 3. The molecule has 0 aliphatic heterocycles. The largest absolute Gasteiger partial charge is 0.488 e. The number of carbonyl (C=O) groups is 1. The lowest BCUT2D eigenvalue weighted by atomic mass is 9.90. The second-order valence-electron chi connectivity index (χ2n) is 10.1. The summed E-state index contributed by atoms with van der Waals surface area (Å²) in [7, 11) is 0. The lowest BCUT2D eigenvalue weighted by Crippen LogP contribution is -2.28. The summed E-state index contributed by atoms with van der Waals surface area (Å²) < 4.78 is 6.27. The Morgan fingerprint density at radius 2 is 1.70 bits per heavy atom. The molecule has 1 aromatic heterocycles. The Kier molecular flexibility index (Phi) is 11.2. The van der Waals surface area contributed by atoms with Crippen LogP contribution in [0.25, 0.3) is 11.3 Å². The molecule has 0 radical (unpaired) electrons. The molecule has 1 N–H and O–H groups in total. The number of hydrogen-bond acceptors (Lipinski definition) is 5. The Labute approximate surface area is 246 Å². The van der Waals surface area contributed by atoms with Crippen LogP contribution in [0.15, 0.2) is 78.2 Å². The van der Waals surface area contributed by atoms with Crippen molar-refractivity contribution in [3.63, 3.8) is 0 Å². The zero-order chi connectivity index (χ0) is 28.3. The van der Waals surface area contributed by atoms with Crippen LogP contribution in [0.3, 0.4) is 0 Å². The number of aromatic nitrogens is 1. The van der Waals surface area contributed by atoms with Crippen LogP contribution in [0, 0.1) is 0 Å². The normalized spacial score (nSPS) is 11.3. The van der Waals surface area contributed by atoms with Gasteiger partial charge in [-0.15, -0.1) is 11.3 Å². The minimum absolute atomic E-state index is 0.0637. The van der Waals surface area contributed by atoms with Crippen molar-refractivity contribution in [1.82, 2.24) is 9.88 Å². The Morgan fingerprint density at radius 3 is 2.38 bits per heavy atom. The maximum absolute atomic E-state index is 11.5. The summed E-state index contributed by atoms with van der Waals surface area (Å²) in [6, 6.07) is 24.3. The molecule has 1 heterocycles. The first kappa shape index (κ1) is 29.8. The minimum Gasteiger partial charge on any atom is -0.488 e. The molecule has 0 aliphatic rings. The summed E-state index contributed by atoms with van der Waals surface area (Å²) >= 11 is 7.87. The van der Waals surface area contributed by atoms with E-state index in [2.05, 4.69) is 38.1 Å². The molecule has 0 saturated carbocycles. The van der Waals surface area contributed by atoms with Gasteiger partial charge < -0.3 is 9.84 Å². The Bertz CT molecular complexity index is 1350. The Morgan fingerprint density at radius 1 is 0.975 bits per heavy atom. The van der Waals surface area contributed by atoms with Crippen molar-refractivity contribution in [3.05, 3.63) is 105 Å². The van der Waals surface area contributed by atoms with Crippen molar-refractivity contribution in [3.8, 4) is 17.0 Å². The summed E-state index contributed by atoms with van der Waals surface area (Å²) in [5.74, 6) is 0.468. The summed E-state index contributed by atoms with van der Waals surface area (Å²) in [4.78, 5) is 18.2. The molecule has 0 atom stereocenters. The van der Waals surface area contributed by atoms with Gasteiger partial charge in [-0.05, 0) is 53.6 Å². The quantitative estimate of drug-likeness (QED) is 0.153. The molecule has 7 heteroatoms. The van der Waals surface area contributed by atoms with E-state index in [4.69, 9.17) is 21.3 Å². The molecule has 0 amide bonds. The van der Waals surface area contributed by atoms with Crippen LogP contribution in [0.2, 0.25) is 5.02 Å². The first-order valence-corrected chi connectivity index (χ1v) is 15.1. The predicted octanol–water partition coefficient (Wildman–Crippen LogP) is 8.81. The van der Waals surface area contributed by atoms with Gasteiger partial charge >= 0.3 is 5.97 Å². The van der Waals surface area contributed by atoms with Gasteiger partial charge in [0.05, 0.1) is 18.8 Å². The second-order valence-corrected chi connectivity index (χ2v) is 11.5. The van der Waals surface area contributed by atoms with Crippen molar-refractivity contribution in [2.45, 2.75) is 65.1 Å². The van der Waals surface area contributed by atoms with Gasteiger partial charge in [0.1, 0.15) is 17.4 Å². The standard InChI is InChI=1S/C33H37ClN2O3S/c1-3-8-26(9-4-2)27-14-12-25(13-15-27)22-39-31-17-16-28(34)18-29(31)30-23-40-32(35-30)20-36(21-33(37)38)19-24-10-6-5-7-11-24/h5-7,10-18,23,26H,3-4,8-9,19-22H2,1-2H3,(H,37,38). The average Bonchev–Trinajstić information content (AvgIpc) is 3.41. The number of carboxylic acids is 1. The predicted molar refractivity (Wildman–Crippen MR) is 164 cm³/mol. The van der Waals surface area contributed by atoms with Gasteiger partial charge in [-0.25, -0.2) is 4.98 Å². The summed E-state index contributed by atoms with van der Waals surface area (Å²) in [5, 5.41) is 12.9. The van der Waals surface area contributed by atoms with E-state index < -0.39 is 5.97 Å². The van der Waals surface area contributed by atoms with Crippen LogP contribution < -0.4 is 4.74 Å². The fourth-order valence-corrected chi connectivity index (χ4v) is 5.96. The zero-order valence-electron chi connectivity index (χ0n) is 23.2. The second kappa shape index (κ2) is 15.0. The topological polar surface area (TPSA) is 62.7 Å². The number of nitrogens with zero attached hydrogens (tertiary/aromatic N) is 2. The van der Waals surface area contributed by atoms with E-state index in [-0.39, 0.29) is 6.54 Å². The lowest BCUT2D eigenvalue weighted by Gasteiger charge is -2.19. The van der Waals surface area contributed by atoms with E-state index in [1.54, 1.807) is 0 Å². The number of ether oxygens (including phenoxy) is 1. The van der Waals surface area contributed by atoms with Crippen LogP contribution in [0.5, 0.6) is 5.75 Å². The SMILES string of the molecule is CCCC(CCC)c1ccc(COc2ccc(Cl)cc2-c2csc(CN(CC(=O)O)Cc3ccccc3)n2)cc1. The van der Waals surface area contributed by atoms with Gasteiger partial charge in [0, 0.05) is 22.5 Å². The van der Waals surface area contributed by atoms with Gasteiger partial charge in [-0.3, -0.25) is 9.69 Å². The summed E-state index contributed by atoms with van der Waals surface area (Å²) in [6.07, 6.45) is 4.82. The Balaban J connectivity index is 1.46. The molecule has 0 aliphatic carbocycles. The molecule has 4 rings (SSSR count). The fourth-order valence-electron chi connectivity index (χ4n) is 4.95. The van der Waals surface area contributed by atoms with Crippen molar-refractivity contribution in [1.29, 1.82) is 0 Å². The number of carboxylic acid groups (broad SMARTS) is 1. The molecular weight excluding hydrogens is 540 g/mol. The molecule has 0 unspecified atom stereocenters. The van der Waals surface area contributed by atoms with Crippen molar-refractivity contribution < 1.29 is 14.6 Å².